The van der Waals surface area contributed by atoms with Crippen molar-refractivity contribution in [2.75, 3.05) is 5.73 Å². The molecule has 1 aromatic carbocycles. The monoisotopic (exact) mass is 275 g/mol. The topological polar surface area (TPSA) is 64.9 Å². The molecule has 19 heavy (non-hydrogen) atoms. The third-order valence-electron chi connectivity index (χ3n) is 2.70. The Morgan fingerprint density at radius 1 is 1.26 bits per heavy atom. The van der Waals surface area contributed by atoms with Crippen molar-refractivity contribution >= 4 is 17.2 Å². The molecule has 0 spiro atoms. The molecule has 0 amide bonds. The first-order chi connectivity index (χ1) is 9.15. The van der Waals surface area contributed by atoms with Crippen LogP contribution in [0.25, 0.3) is 22.6 Å². The third kappa shape index (κ3) is 2.10. The van der Waals surface area contributed by atoms with Crippen molar-refractivity contribution in [2.45, 2.75) is 6.92 Å². The first-order valence-corrected chi connectivity index (χ1v) is 6.46. The number of thiazole rings is 1. The Bertz CT molecular complexity index is 718. The van der Waals surface area contributed by atoms with Crippen LogP contribution >= 0.6 is 11.3 Å². The van der Waals surface area contributed by atoms with E-state index in [1.54, 1.807) is 12.1 Å². The van der Waals surface area contributed by atoms with Gasteiger partial charge in [-0.1, -0.05) is 17.3 Å². The van der Waals surface area contributed by atoms with Crippen LogP contribution in [0.3, 0.4) is 0 Å². The minimum absolute atomic E-state index is 0.271. The molecule has 2 heterocycles. The zero-order chi connectivity index (χ0) is 13.4. The molecule has 0 unspecified atom stereocenters. The molecule has 0 aliphatic rings. The average Bonchev–Trinajstić information content (AvgIpc) is 2.97. The molecule has 0 aliphatic heterocycles. The van der Waals surface area contributed by atoms with E-state index in [1.807, 2.05) is 12.3 Å². The lowest BCUT2D eigenvalue weighted by molar-refractivity contribution is 0.435. The van der Waals surface area contributed by atoms with Crippen LogP contribution in [0.1, 0.15) is 5.01 Å². The van der Waals surface area contributed by atoms with E-state index in [2.05, 4.69) is 10.1 Å². The van der Waals surface area contributed by atoms with E-state index in [4.69, 9.17) is 10.3 Å². The molecule has 0 saturated carbocycles. The summed E-state index contributed by atoms with van der Waals surface area (Å²) in [4.78, 5) is 4.35. The number of hydrogen-bond acceptors (Lipinski definition) is 5. The fourth-order valence-electron chi connectivity index (χ4n) is 1.84. The second-order valence-electron chi connectivity index (χ2n) is 4.03. The Morgan fingerprint density at radius 3 is 2.63 bits per heavy atom. The summed E-state index contributed by atoms with van der Waals surface area (Å²) in [5.74, 6) is 0.477. The van der Waals surface area contributed by atoms with E-state index in [-0.39, 0.29) is 11.6 Å². The molecule has 2 N–H and O–H groups in total. The van der Waals surface area contributed by atoms with E-state index >= 15 is 0 Å². The molecule has 3 rings (SSSR count). The molecule has 0 saturated heterocycles. The lowest BCUT2D eigenvalue weighted by Gasteiger charge is -2.00. The highest BCUT2D eigenvalue weighted by atomic mass is 32.1. The van der Waals surface area contributed by atoms with Gasteiger partial charge in [-0.2, -0.15) is 0 Å². The van der Waals surface area contributed by atoms with Crippen molar-refractivity contribution in [1.29, 1.82) is 0 Å². The number of nitrogen functional groups attached to an aromatic ring is 1. The van der Waals surface area contributed by atoms with E-state index in [9.17, 15) is 4.39 Å². The maximum atomic E-state index is 13.0. The minimum Gasteiger partial charge on any atom is -0.380 e. The fourth-order valence-corrected chi connectivity index (χ4v) is 2.43. The Morgan fingerprint density at radius 2 is 2.00 bits per heavy atom. The van der Waals surface area contributed by atoms with Crippen molar-refractivity contribution in [3.8, 4) is 22.6 Å². The van der Waals surface area contributed by atoms with Gasteiger partial charge in [0.1, 0.15) is 11.5 Å². The summed E-state index contributed by atoms with van der Waals surface area (Å²) in [6.45, 7) is 1.91. The number of aryl methyl sites for hydroxylation is 1. The van der Waals surface area contributed by atoms with Crippen LogP contribution in [0.5, 0.6) is 0 Å². The van der Waals surface area contributed by atoms with Crippen molar-refractivity contribution in [1.82, 2.24) is 10.1 Å². The summed E-state index contributed by atoms with van der Waals surface area (Å²) in [5.41, 5.74) is 7.91. The Labute approximate surface area is 112 Å². The minimum atomic E-state index is -0.301. The second kappa shape index (κ2) is 4.47. The van der Waals surface area contributed by atoms with Gasteiger partial charge in [0.05, 0.1) is 10.6 Å². The Balaban J connectivity index is 2.16. The van der Waals surface area contributed by atoms with Crippen molar-refractivity contribution in [2.24, 2.45) is 0 Å². The molecule has 2 aromatic heterocycles. The molecule has 6 heteroatoms. The molecule has 3 aromatic rings. The number of aromatic nitrogens is 2. The van der Waals surface area contributed by atoms with Crippen molar-refractivity contribution in [3.63, 3.8) is 0 Å². The first kappa shape index (κ1) is 11.9. The molecule has 0 aliphatic carbocycles. The van der Waals surface area contributed by atoms with Gasteiger partial charge in [-0.15, -0.1) is 11.3 Å². The number of benzene rings is 1. The van der Waals surface area contributed by atoms with Crippen LogP contribution in [0.4, 0.5) is 10.2 Å². The van der Waals surface area contributed by atoms with E-state index in [1.165, 1.54) is 23.5 Å². The normalized spacial score (nSPS) is 10.8. The molecule has 0 bridgehead atoms. The van der Waals surface area contributed by atoms with Gasteiger partial charge in [0, 0.05) is 5.38 Å². The number of nitrogens with two attached hydrogens (primary N) is 1. The highest BCUT2D eigenvalue weighted by Gasteiger charge is 2.19. The van der Waals surface area contributed by atoms with Gasteiger partial charge in [0.25, 0.3) is 0 Å². The summed E-state index contributed by atoms with van der Waals surface area (Å²) in [7, 11) is 0. The molecular weight excluding hydrogens is 265 g/mol. The molecule has 0 fully saturated rings. The first-order valence-electron chi connectivity index (χ1n) is 5.59. The van der Waals surface area contributed by atoms with E-state index in [0.717, 1.165) is 10.6 Å². The number of anilines is 1. The van der Waals surface area contributed by atoms with Crippen LogP contribution in [0, 0.1) is 12.7 Å². The molecule has 0 radical (unpaired) electrons. The molecule has 96 valence electrons. The van der Waals surface area contributed by atoms with E-state index in [0.29, 0.717) is 17.0 Å². The number of hydrogen-bond donors (Lipinski definition) is 1. The molecule has 0 atom stereocenters. The Hall–Kier alpha value is -2.21. The molecule has 4 nitrogen and oxygen atoms in total. The van der Waals surface area contributed by atoms with E-state index < -0.39 is 0 Å². The number of halogens is 1. The van der Waals surface area contributed by atoms with Crippen LogP contribution in [-0.4, -0.2) is 10.1 Å². The molecular formula is C13H10FN3OS. The number of rotatable bonds is 2. The predicted molar refractivity (Wildman–Crippen MR) is 72.2 cm³/mol. The summed E-state index contributed by atoms with van der Waals surface area (Å²) >= 11 is 1.52. The predicted octanol–water partition coefficient (Wildman–Crippen LogP) is 3.49. The van der Waals surface area contributed by atoms with Gasteiger partial charge in [-0.3, -0.25) is 0 Å². The summed E-state index contributed by atoms with van der Waals surface area (Å²) < 4.78 is 18.2. The lowest BCUT2D eigenvalue weighted by Crippen LogP contribution is -1.89. The zero-order valence-corrected chi connectivity index (χ0v) is 10.9. The van der Waals surface area contributed by atoms with Crippen LogP contribution in [0.15, 0.2) is 34.2 Å². The second-order valence-corrected chi connectivity index (χ2v) is 5.09. The SMILES string of the molecule is Cc1nc(-c2onc(N)c2-c2ccc(F)cc2)cs1. The van der Waals surface area contributed by atoms with Gasteiger partial charge in [-0.05, 0) is 24.6 Å². The standard InChI is InChI=1S/C13H10FN3OS/c1-7-16-10(6-19-7)12-11(13(15)17-18-12)8-2-4-9(14)5-3-8/h2-6H,1H3,(H2,15,17). The lowest BCUT2D eigenvalue weighted by atomic mass is 10.0. The largest absolute Gasteiger partial charge is 0.380 e. The quantitative estimate of drug-likeness (QED) is 0.777. The van der Waals surface area contributed by atoms with Crippen LogP contribution in [-0.2, 0) is 0 Å². The van der Waals surface area contributed by atoms with Crippen LogP contribution < -0.4 is 5.73 Å². The number of nitrogens with zero attached hydrogens (tertiary/aromatic N) is 2. The maximum absolute atomic E-state index is 13.0. The summed E-state index contributed by atoms with van der Waals surface area (Å²) in [6.07, 6.45) is 0. The van der Waals surface area contributed by atoms with Gasteiger partial charge < -0.3 is 10.3 Å². The Kier molecular flexibility index (Phi) is 2.79. The fraction of sp³-hybridized carbons (Fsp3) is 0.0769. The zero-order valence-electron chi connectivity index (χ0n) is 10.1. The summed E-state index contributed by atoms with van der Waals surface area (Å²) in [6, 6.07) is 6.03. The van der Waals surface area contributed by atoms with Gasteiger partial charge in [0.2, 0.25) is 0 Å². The third-order valence-corrected chi connectivity index (χ3v) is 3.48. The van der Waals surface area contributed by atoms with Gasteiger partial charge >= 0.3 is 0 Å². The summed E-state index contributed by atoms with van der Waals surface area (Å²) in [5, 5.41) is 6.58. The van der Waals surface area contributed by atoms with Gasteiger partial charge in [-0.25, -0.2) is 9.37 Å². The maximum Gasteiger partial charge on any atom is 0.196 e. The van der Waals surface area contributed by atoms with Crippen LogP contribution in [0.2, 0.25) is 0 Å². The van der Waals surface area contributed by atoms with Gasteiger partial charge in [0.15, 0.2) is 11.6 Å². The van der Waals surface area contributed by atoms with Crippen molar-refractivity contribution < 1.29 is 8.91 Å². The average molecular weight is 275 g/mol. The smallest absolute Gasteiger partial charge is 0.196 e. The highest BCUT2D eigenvalue weighted by Crippen LogP contribution is 2.36. The van der Waals surface area contributed by atoms with Crippen molar-refractivity contribution in [3.05, 3.63) is 40.5 Å². The highest BCUT2D eigenvalue weighted by molar-refractivity contribution is 7.09.